The molecule has 0 saturated heterocycles. The average Bonchev–Trinajstić information content (AvgIpc) is 2.35. The Morgan fingerprint density at radius 1 is 1.22 bits per heavy atom. The van der Waals surface area contributed by atoms with Crippen LogP contribution in [-0.2, 0) is 0 Å². The molecule has 0 amide bonds. The van der Waals surface area contributed by atoms with E-state index in [2.05, 4.69) is 22.0 Å². The zero-order valence-corrected chi connectivity index (χ0v) is 10.4. The number of rotatable bonds is 4. The highest BCUT2D eigenvalue weighted by Gasteiger charge is 2.26. The minimum absolute atomic E-state index is 0.182. The summed E-state index contributed by atoms with van der Waals surface area (Å²) in [7, 11) is 0. The molecular weight excluding hydrogens is 224 g/mol. The van der Waals surface area contributed by atoms with Gasteiger partial charge in [0.2, 0.25) is 0 Å². The van der Waals surface area contributed by atoms with Crippen molar-refractivity contribution in [3.8, 4) is 0 Å². The van der Waals surface area contributed by atoms with E-state index in [0.717, 1.165) is 5.82 Å². The molecule has 1 aromatic carbocycles. The molecule has 3 nitrogen and oxygen atoms in total. The molecule has 1 heterocycles. The van der Waals surface area contributed by atoms with Crippen molar-refractivity contribution in [2.24, 2.45) is 0 Å². The Bertz CT molecular complexity index is 532. The molecule has 1 N–H and O–H groups in total. The largest absolute Gasteiger partial charge is 0.395 e. The Kier molecular flexibility index (Phi) is 3.15. The first-order chi connectivity index (χ1) is 8.90. The van der Waals surface area contributed by atoms with E-state index in [0.29, 0.717) is 12.6 Å². The summed E-state index contributed by atoms with van der Waals surface area (Å²) in [5.74, 6) is 1.02. The lowest BCUT2D eigenvalue weighted by molar-refractivity contribution is 0.283. The predicted molar refractivity (Wildman–Crippen MR) is 73.8 cm³/mol. The van der Waals surface area contributed by atoms with Crippen molar-refractivity contribution >= 4 is 16.6 Å². The molecule has 0 atom stereocenters. The molecule has 1 saturated carbocycles. The minimum Gasteiger partial charge on any atom is -0.395 e. The van der Waals surface area contributed by atoms with E-state index < -0.39 is 0 Å². The van der Waals surface area contributed by atoms with Gasteiger partial charge < -0.3 is 10.0 Å². The zero-order chi connectivity index (χ0) is 12.4. The summed E-state index contributed by atoms with van der Waals surface area (Å²) in [6.45, 7) is 0.854. The van der Waals surface area contributed by atoms with Crippen molar-refractivity contribution in [1.29, 1.82) is 0 Å². The number of aromatic nitrogens is 1. The van der Waals surface area contributed by atoms with Crippen molar-refractivity contribution in [1.82, 2.24) is 4.98 Å². The van der Waals surface area contributed by atoms with Crippen LogP contribution in [0.1, 0.15) is 19.3 Å². The molecule has 18 heavy (non-hydrogen) atoms. The second kappa shape index (κ2) is 4.94. The van der Waals surface area contributed by atoms with Gasteiger partial charge >= 0.3 is 0 Å². The lowest BCUT2D eigenvalue weighted by Gasteiger charge is -2.38. The predicted octanol–water partition coefficient (Wildman–Crippen LogP) is 2.59. The Morgan fingerprint density at radius 2 is 2.06 bits per heavy atom. The molecule has 3 heteroatoms. The number of benzene rings is 1. The number of aliphatic hydroxyl groups is 1. The van der Waals surface area contributed by atoms with Crippen LogP contribution < -0.4 is 4.90 Å². The molecule has 0 radical (unpaired) electrons. The SMILES string of the molecule is OCCN(c1nccc2ccccc12)C1CCC1. The number of hydrogen-bond donors (Lipinski definition) is 1. The van der Waals surface area contributed by atoms with Crippen LogP contribution in [0.5, 0.6) is 0 Å². The Labute approximate surface area is 107 Å². The van der Waals surface area contributed by atoms with Crippen LogP contribution in [0.15, 0.2) is 36.5 Å². The third-order valence-electron chi connectivity index (χ3n) is 3.78. The van der Waals surface area contributed by atoms with Gasteiger partial charge in [0.05, 0.1) is 6.61 Å². The fourth-order valence-corrected chi connectivity index (χ4v) is 2.60. The minimum atomic E-state index is 0.182. The van der Waals surface area contributed by atoms with Gasteiger partial charge in [-0.05, 0) is 30.7 Å². The summed E-state index contributed by atoms with van der Waals surface area (Å²) >= 11 is 0. The van der Waals surface area contributed by atoms with Crippen molar-refractivity contribution in [2.75, 3.05) is 18.1 Å². The number of anilines is 1. The van der Waals surface area contributed by atoms with E-state index in [1.54, 1.807) is 0 Å². The lowest BCUT2D eigenvalue weighted by Crippen LogP contribution is -2.42. The quantitative estimate of drug-likeness (QED) is 0.895. The van der Waals surface area contributed by atoms with Crippen LogP contribution in [0.3, 0.4) is 0 Å². The van der Waals surface area contributed by atoms with Gasteiger partial charge in [-0.25, -0.2) is 4.98 Å². The van der Waals surface area contributed by atoms with Crippen molar-refractivity contribution in [3.05, 3.63) is 36.5 Å². The molecule has 1 aliphatic carbocycles. The third-order valence-corrected chi connectivity index (χ3v) is 3.78. The Hall–Kier alpha value is -1.61. The van der Waals surface area contributed by atoms with Gasteiger partial charge in [-0.15, -0.1) is 0 Å². The maximum Gasteiger partial charge on any atom is 0.136 e. The van der Waals surface area contributed by atoms with Crippen LogP contribution in [0, 0.1) is 0 Å². The normalized spacial score (nSPS) is 15.6. The standard InChI is InChI=1S/C15H18N2O/c18-11-10-17(13-5-3-6-13)15-14-7-2-1-4-12(14)8-9-16-15/h1-2,4,7-9,13,18H,3,5-6,10-11H2. The molecule has 2 aromatic rings. The Balaban J connectivity index is 2.04. The Morgan fingerprint density at radius 3 is 2.78 bits per heavy atom. The first kappa shape index (κ1) is 11.5. The molecule has 0 unspecified atom stereocenters. The smallest absolute Gasteiger partial charge is 0.136 e. The highest BCUT2D eigenvalue weighted by atomic mass is 16.3. The fourth-order valence-electron chi connectivity index (χ4n) is 2.60. The number of hydrogen-bond acceptors (Lipinski definition) is 3. The van der Waals surface area contributed by atoms with Crippen molar-refractivity contribution in [3.63, 3.8) is 0 Å². The van der Waals surface area contributed by atoms with Gasteiger partial charge in [-0.3, -0.25) is 0 Å². The van der Waals surface area contributed by atoms with Crippen LogP contribution in [0.2, 0.25) is 0 Å². The summed E-state index contributed by atoms with van der Waals surface area (Å²) in [4.78, 5) is 6.81. The molecule has 3 rings (SSSR count). The summed E-state index contributed by atoms with van der Waals surface area (Å²) < 4.78 is 0. The van der Waals surface area contributed by atoms with Gasteiger partial charge in [-0.1, -0.05) is 24.3 Å². The number of fused-ring (bicyclic) bond motifs is 1. The van der Waals surface area contributed by atoms with Crippen molar-refractivity contribution < 1.29 is 5.11 Å². The van der Waals surface area contributed by atoms with Crippen LogP contribution in [0.25, 0.3) is 10.8 Å². The summed E-state index contributed by atoms with van der Waals surface area (Å²) in [6, 6.07) is 10.9. The van der Waals surface area contributed by atoms with Gasteiger partial charge in [0, 0.05) is 24.2 Å². The van der Waals surface area contributed by atoms with Crippen LogP contribution in [-0.4, -0.2) is 29.3 Å². The van der Waals surface area contributed by atoms with E-state index in [1.165, 1.54) is 30.0 Å². The molecular formula is C15H18N2O. The lowest BCUT2D eigenvalue weighted by atomic mass is 9.91. The molecule has 0 aliphatic heterocycles. The van der Waals surface area contributed by atoms with Crippen LogP contribution >= 0.6 is 0 Å². The van der Waals surface area contributed by atoms with E-state index >= 15 is 0 Å². The number of nitrogens with zero attached hydrogens (tertiary/aromatic N) is 2. The molecule has 94 valence electrons. The van der Waals surface area contributed by atoms with Gasteiger partial charge in [0.15, 0.2) is 0 Å². The topological polar surface area (TPSA) is 36.4 Å². The zero-order valence-electron chi connectivity index (χ0n) is 10.4. The van der Waals surface area contributed by atoms with E-state index in [4.69, 9.17) is 0 Å². The second-order valence-electron chi connectivity index (χ2n) is 4.86. The first-order valence-electron chi connectivity index (χ1n) is 6.61. The van der Waals surface area contributed by atoms with Gasteiger partial charge in [0.1, 0.15) is 5.82 Å². The van der Waals surface area contributed by atoms with E-state index in [9.17, 15) is 5.11 Å². The first-order valence-corrected chi connectivity index (χ1v) is 6.61. The van der Waals surface area contributed by atoms with Crippen molar-refractivity contribution in [2.45, 2.75) is 25.3 Å². The van der Waals surface area contributed by atoms with E-state index in [1.807, 2.05) is 24.4 Å². The monoisotopic (exact) mass is 242 g/mol. The number of aliphatic hydroxyl groups excluding tert-OH is 1. The molecule has 0 bridgehead atoms. The summed E-state index contributed by atoms with van der Waals surface area (Å²) in [5.41, 5.74) is 0. The highest BCUT2D eigenvalue weighted by molar-refractivity contribution is 5.92. The van der Waals surface area contributed by atoms with Gasteiger partial charge in [-0.2, -0.15) is 0 Å². The fraction of sp³-hybridized carbons (Fsp3) is 0.400. The third kappa shape index (κ3) is 1.95. The molecule has 1 aromatic heterocycles. The molecule has 0 spiro atoms. The second-order valence-corrected chi connectivity index (χ2v) is 4.86. The number of pyridine rings is 1. The maximum atomic E-state index is 9.27. The molecule has 1 aliphatic rings. The van der Waals surface area contributed by atoms with E-state index in [-0.39, 0.29) is 6.61 Å². The summed E-state index contributed by atoms with van der Waals surface area (Å²) in [6.07, 6.45) is 5.58. The van der Waals surface area contributed by atoms with Crippen LogP contribution in [0.4, 0.5) is 5.82 Å². The molecule has 1 fully saturated rings. The summed E-state index contributed by atoms with van der Waals surface area (Å²) in [5, 5.41) is 11.7. The van der Waals surface area contributed by atoms with Gasteiger partial charge in [0.25, 0.3) is 0 Å². The maximum absolute atomic E-state index is 9.27. The average molecular weight is 242 g/mol. The highest BCUT2D eigenvalue weighted by Crippen LogP contribution is 2.32.